The number of rotatable bonds is 5. The summed E-state index contributed by atoms with van der Waals surface area (Å²) in [6, 6.07) is 23.1. The molecule has 3 aromatic rings. The third kappa shape index (κ3) is 4.44. The summed E-state index contributed by atoms with van der Waals surface area (Å²) in [5, 5.41) is 3.31. The highest BCUT2D eigenvalue weighted by atomic mass is 35.5. The normalized spacial score (nSPS) is 11.7. The molecule has 0 fully saturated rings. The van der Waals surface area contributed by atoms with Crippen LogP contribution in [0.2, 0.25) is 5.02 Å². The number of amides is 1. The average molecular weight is 366 g/mol. The Labute approximate surface area is 158 Å². The summed E-state index contributed by atoms with van der Waals surface area (Å²) in [4.78, 5) is 12.3. The fraction of sp³-hybridized carbons (Fsp3) is 0.136. The second-order valence-electron chi connectivity index (χ2n) is 6.13. The lowest BCUT2D eigenvalue weighted by atomic mass is 10.1. The van der Waals surface area contributed by atoms with E-state index in [0.29, 0.717) is 10.8 Å². The Kier molecular flexibility index (Phi) is 5.59. The predicted octanol–water partition coefficient (Wildman–Crippen LogP) is 5.72. The SMILES string of the molecule is Cc1ccc(NC(=O)[C@@H](C)Oc2ccc(-c3ccccc3)cc2Cl)cc1. The highest BCUT2D eigenvalue weighted by molar-refractivity contribution is 6.32. The first-order valence-electron chi connectivity index (χ1n) is 8.42. The molecule has 4 heteroatoms. The van der Waals surface area contributed by atoms with Gasteiger partial charge in [-0.05, 0) is 49.2 Å². The highest BCUT2D eigenvalue weighted by Crippen LogP contribution is 2.31. The molecular formula is C22H20ClNO2. The Morgan fingerprint density at radius 1 is 0.962 bits per heavy atom. The molecule has 0 saturated carbocycles. The highest BCUT2D eigenvalue weighted by Gasteiger charge is 2.16. The van der Waals surface area contributed by atoms with Gasteiger partial charge < -0.3 is 10.1 Å². The van der Waals surface area contributed by atoms with Gasteiger partial charge >= 0.3 is 0 Å². The van der Waals surface area contributed by atoms with Gasteiger partial charge in [0.15, 0.2) is 6.10 Å². The van der Waals surface area contributed by atoms with Crippen LogP contribution >= 0.6 is 11.6 Å². The van der Waals surface area contributed by atoms with Crippen LogP contribution in [0.15, 0.2) is 72.8 Å². The maximum atomic E-state index is 12.3. The molecule has 3 rings (SSSR count). The Hall–Kier alpha value is -2.78. The van der Waals surface area contributed by atoms with Crippen LogP contribution in [0.3, 0.4) is 0 Å². The number of hydrogen-bond donors (Lipinski definition) is 1. The number of halogens is 1. The van der Waals surface area contributed by atoms with E-state index in [4.69, 9.17) is 16.3 Å². The van der Waals surface area contributed by atoms with Gasteiger partial charge in [0.1, 0.15) is 5.75 Å². The van der Waals surface area contributed by atoms with Crippen molar-refractivity contribution in [2.75, 3.05) is 5.32 Å². The molecule has 0 aliphatic rings. The van der Waals surface area contributed by atoms with Crippen molar-refractivity contribution in [3.05, 3.63) is 83.4 Å². The second-order valence-corrected chi connectivity index (χ2v) is 6.53. The topological polar surface area (TPSA) is 38.3 Å². The van der Waals surface area contributed by atoms with E-state index >= 15 is 0 Å². The van der Waals surface area contributed by atoms with Crippen LogP contribution in [0.4, 0.5) is 5.69 Å². The minimum absolute atomic E-state index is 0.225. The molecule has 0 saturated heterocycles. The maximum absolute atomic E-state index is 12.3. The van der Waals surface area contributed by atoms with Crippen molar-refractivity contribution >= 4 is 23.2 Å². The van der Waals surface area contributed by atoms with Crippen LogP contribution in [0.25, 0.3) is 11.1 Å². The Bertz CT molecular complexity index is 892. The number of carbonyl (C=O) groups is 1. The molecule has 0 radical (unpaired) electrons. The molecule has 0 spiro atoms. The van der Waals surface area contributed by atoms with Gasteiger partial charge in [0.05, 0.1) is 5.02 Å². The van der Waals surface area contributed by atoms with Crippen molar-refractivity contribution in [1.29, 1.82) is 0 Å². The minimum atomic E-state index is -0.670. The van der Waals surface area contributed by atoms with Gasteiger partial charge in [-0.2, -0.15) is 0 Å². The van der Waals surface area contributed by atoms with E-state index in [1.54, 1.807) is 13.0 Å². The summed E-state index contributed by atoms with van der Waals surface area (Å²) in [5.41, 5.74) is 3.95. The standard InChI is InChI=1S/C22H20ClNO2/c1-15-8-11-19(12-9-15)24-22(25)16(2)26-21-13-10-18(14-20(21)23)17-6-4-3-5-7-17/h3-14,16H,1-2H3,(H,24,25)/t16-/m1/s1. The van der Waals surface area contributed by atoms with Crippen LogP contribution in [-0.4, -0.2) is 12.0 Å². The minimum Gasteiger partial charge on any atom is -0.479 e. The zero-order valence-corrected chi connectivity index (χ0v) is 15.5. The summed E-state index contributed by atoms with van der Waals surface area (Å²) in [6.07, 6.45) is -0.670. The van der Waals surface area contributed by atoms with E-state index in [1.165, 1.54) is 0 Å². The molecule has 0 aromatic heterocycles. The number of nitrogens with one attached hydrogen (secondary N) is 1. The van der Waals surface area contributed by atoms with Crippen LogP contribution in [-0.2, 0) is 4.79 Å². The number of hydrogen-bond acceptors (Lipinski definition) is 2. The van der Waals surface area contributed by atoms with Crippen LogP contribution < -0.4 is 10.1 Å². The quantitative estimate of drug-likeness (QED) is 0.627. The van der Waals surface area contributed by atoms with E-state index < -0.39 is 6.10 Å². The summed E-state index contributed by atoms with van der Waals surface area (Å²) in [7, 11) is 0. The molecule has 1 amide bonds. The van der Waals surface area contributed by atoms with Gasteiger partial charge in [0.2, 0.25) is 0 Å². The summed E-state index contributed by atoms with van der Waals surface area (Å²) in [6.45, 7) is 3.70. The molecule has 3 nitrogen and oxygen atoms in total. The molecule has 1 atom stereocenters. The van der Waals surface area contributed by atoms with Crippen molar-refractivity contribution in [2.24, 2.45) is 0 Å². The van der Waals surface area contributed by atoms with Crippen molar-refractivity contribution in [2.45, 2.75) is 20.0 Å². The van der Waals surface area contributed by atoms with Crippen molar-refractivity contribution < 1.29 is 9.53 Å². The third-order valence-electron chi connectivity index (χ3n) is 4.03. The molecule has 0 bridgehead atoms. The monoisotopic (exact) mass is 365 g/mol. The van der Waals surface area contributed by atoms with E-state index in [2.05, 4.69) is 5.32 Å². The Morgan fingerprint density at radius 3 is 2.31 bits per heavy atom. The van der Waals surface area contributed by atoms with Gasteiger partial charge in [-0.3, -0.25) is 4.79 Å². The number of anilines is 1. The number of carbonyl (C=O) groups excluding carboxylic acids is 1. The van der Waals surface area contributed by atoms with Gasteiger partial charge in [-0.15, -0.1) is 0 Å². The number of benzene rings is 3. The number of ether oxygens (including phenoxy) is 1. The van der Waals surface area contributed by atoms with Gasteiger partial charge in [-0.1, -0.05) is 65.7 Å². The maximum Gasteiger partial charge on any atom is 0.265 e. The van der Waals surface area contributed by atoms with Crippen molar-refractivity contribution in [3.63, 3.8) is 0 Å². The molecule has 0 aliphatic carbocycles. The second kappa shape index (κ2) is 8.07. The first kappa shape index (κ1) is 18.0. The summed E-state index contributed by atoms with van der Waals surface area (Å²) in [5.74, 6) is 0.259. The molecule has 0 aliphatic heterocycles. The summed E-state index contributed by atoms with van der Waals surface area (Å²) < 4.78 is 5.75. The Balaban J connectivity index is 1.68. The van der Waals surface area contributed by atoms with Crippen LogP contribution in [0.5, 0.6) is 5.75 Å². The van der Waals surface area contributed by atoms with E-state index in [0.717, 1.165) is 22.4 Å². The molecule has 0 heterocycles. The fourth-order valence-electron chi connectivity index (χ4n) is 2.53. The third-order valence-corrected chi connectivity index (χ3v) is 4.33. The summed E-state index contributed by atoms with van der Waals surface area (Å²) >= 11 is 6.35. The first-order chi connectivity index (χ1) is 12.5. The van der Waals surface area contributed by atoms with Gasteiger partial charge in [0.25, 0.3) is 5.91 Å². The zero-order chi connectivity index (χ0) is 18.5. The first-order valence-corrected chi connectivity index (χ1v) is 8.80. The Morgan fingerprint density at radius 2 is 1.65 bits per heavy atom. The van der Waals surface area contributed by atoms with Gasteiger partial charge in [-0.25, -0.2) is 0 Å². The smallest absolute Gasteiger partial charge is 0.265 e. The van der Waals surface area contributed by atoms with Crippen molar-refractivity contribution in [3.8, 4) is 16.9 Å². The molecule has 0 unspecified atom stereocenters. The fourth-order valence-corrected chi connectivity index (χ4v) is 2.76. The van der Waals surface area contributed by atoms with E-state index in [-0.39, 0.29) is 5.91 Å². The van der Waals surface area contributed by atoms with Crippen LogP contribution in [0.1, 0.15) is 12.5 Å². The van der Waals surface area contributed by atoms with E-state index in [1.807, 2.05) is 73.7 Å². The number of aryl methyl sites for hydroxylation is 1. The molecular weight excluding hydrogens is 346 g/mol. The largest absolute Gasteiger partial charge is 0.479 e. The zero-order valence-electron chi connectivity index (χ0n) is 14.7. The van der Waals surface area contributed by atoms with Gasteiger partial charge in [0, 0.05) is 5.69 Å². The van der Waals surface area contributed by atoms with E-state index in [9.17, 15) is 4.79 Å². The molecule has 132 valence electrons. The lowest BCUT2D eigenvalue weighted by Crippen LogP contribution is -2.30. The lowest BCUT2D eigenvalue weighted by molar-refractivity contribution is -0.122. The molecule has 26 heavy (non-hydrogen) atoms. The lowest BCUT2D eigenvalue weighted by Gasteiger charge is -2.16. The molecule has 3 aromatic carbocycles. The average Bonchev–Trinajstić information content (AvgIpc) is 2.66. The van der Waals surface area contributed by atoms with Crippen molar-refractivity contribution in [1.82, 2.24) is 0 Å². The predicted molar refractivity (Wildman–Crippen MR) is 107 cm³/mol. The van der Waals surface area contributed by atoms with Crippen LogP contribution in [0, 0.1) is 6.92 Å². The molecule has 1 N–H and O–H groups in total.